The standard InChI is InChI=1S/2C5H12O4.C4H4O4/c2*6-1-5(2-7,3-8)4-9;5-3(6)1-2-4(7)8/h2*6-9H,1-4H2;1-2H,(H,5,6)(H,7,8). The number of carboxylic acids is 2. The summed E-state index contributed by atoms with van der Waals surface area (Å²) < 4.78 is 0. The number of aliphatic hydroxyl groups is 8. The molecule has 0 saturated heterocycles. The smallest absolute Gasteiger partial charge is 0.328 e. The van der Waals surface area contributed by atoms with Gasteiger partial charge in [0.2, 0.25) is 0 Å². The van der Waals surface area contributed by atoms with E-state index < -0.39 is 75.6 Å². The van der Waals surface area contributed by atoms with Crippen molar-refractivity contribution in [2.24, 2.45) is 10.8 Å². The first-order valence-electron chi connectivity index (χ1n) is 7.12. The number of carboxylic acid groups (broad SMARTS) is 2. The highest BCUT2D eigenvalue weighted by Crippen LogP contribution is 2.12. The Morgan fingerprint density at radius 2 is 0.654 bits per heavy atom. The van der Waals surface area contributed by atoms with E-state index in [0.717, 1.165) is 0 Å². The lowest BCUT2D eigenvalue weighted by Crippen LogP contribution is -2.37. The summed E-state index contributed by atoms with van der Waals surface area (Å²) in [7, 11) is 0. The number of aliphatic carboxylic acids is 2. The lowest BCUT2D eigenvalue weighted by Gasteiger charge is -2.23. The fourth-order valence-electron chi connectivity index (χ4n) is 0.743. The average Bonchev–Trinajstić information content (AvgIpc) is 2.66. The first-order valence-corrected chi connectivity index (χ1v) is 7.12. The topological polar surface area (TPSA) is 236 Å². The van der Waals surface area contributed by atoms with Gasteiger partial charge in [-0.05, 0) is 0 Å². The highest BCUT2D eigenvalue weighted by molar-refractivity contribution is 5.89. The average molecular weight is 388 g/mol. The van der Waals surface area contributed by atoms with Crippen LogP contribution in [0.2, 0.25) is 0 Å². The third kappa shape index (κ3) is 13.6. The molecule has 0 aliphatic heterocycles. The second-order valence-corrected chi connectivity index (χ2v) is 5.27. The molecule has 26 heavy (non-hydrogen) atoms. The van der Waals surface area contributed by atoms with Gasteiger partial charge in [-0.25, -0.2) is 9.59 Å². The molecule has 0 bridgehead atoms. The molecular formula is C14H28O12. The Morgan fingerprint density at radius 3 is 0.692 bits per heavy atom. The molecule has 0 atom stereocenters. The maximum Gasteiger partial charge on any atom is 0.328 e. The van der Waals surface area contributed by atoms with Crippen LogP contribution in [-0.4, -0.2) is 116 Å². The third-order valence-electron chi connectivity index (χ3n) is 3.05. The van der Waals surface area contributed by atoms with Crippen molar-refractivity contribution in [2.45, 2.75) is 0 Å². The van der Waals surface area contributed by atoms with E-state index in [2.05, 4.69) is 0 Å². The fourth-order valence-corrected chi connectivity index (χ4v) is 0.743. The van der Waals surface area contributed by atoms with Gasteiger partial charge in [0.05, 0.1) is 63.7 Å². The Hall–Kier alpha value is -1.64. The van der Waals surface area contributed by atoms with Gasteiger partial charge in [0, 0.05) is 12.2 Å². The van der Waals surface area contributed by atoms with Crippen molar-refractivity contribution in [3.8, 4) is 0 Å². The van der Waals surface area contributed by atoms with Crippen LogP contribution in [0.4, 0.5) is 0 Å². The van der Waals surface area contributed by atoms with E-state index in [1.165, 1.54) is 0 Å². The normalized spacial score (nSPS) is 11.2. The largest absolute Gasteiger partial charge is 0.478 e. The molecule has 0 heterocycles. The molecular weight excluding hydrogens is 360 g/mol. The van der Waals surface area contributed by atoms with E-state index in [1.54, 1.807) is 0 Å². The SMILES string of the molecule is O=C(O)C=CC(=O)O.OCC(CO)(CO)CO.OCC(CO)(CO)CO. The van der Waals surface area contributed by atoms with Crippen LogP contribution < -0.4 is 0 Å². The second kappa shape index (κ2) is 16.8. The zero-order valence-electron chi connectivity index (χ0n) is 14.1. The molecule has 0 fully saturated rings. The van der Waals surface area contributed by atoms with Gasteiger partial charge in [-0.2, -0.15) is 0 Å². The molecule has 0 radical (unpaired) electrons. The summed E-state index contributed by atoms with van der Waals surface area (Å²) in [5, 5.41) is 83.6. The monoisotopic (exact) mass is 388 g/mol. The number of aliphatic hydroxyl groups excluding tert-OH is 8. The van der Waals surface area contributed by atoms with Gasteiger partial charge < -0.3 is 51.1 Å². The number of hydrogen-bond donors (Lipinski definition) is 10. The Labute approximate surface area is 149 Å². The van der Waals surface area contributed by atoms with Crippen molar-refractivity contribution in [1.29, 1.82) is 0 Å². The van der Waals surface area contributed by atoms with Crippen LogP contribution >= 0.6 is 0 Å². The molecule has 0 amide bonds. The summed E-state index contributed by atoms with van der Waals surface area (Å²) in [5.41, 5.74) is -2.22. The van der Waals surface area contributed by atoms with E-state index in [0.29, 0.717) is 12.2 Å². The van der Waals surface area contributed by atoms with Gasteiger partial charge in [0.25, 0.3) is 0 Å². The van der Waals surface area contributed by atoms with Crippen LogP contribution in [0.5, 0.6) is 0 Å². The third-order valence-corrected chi connectivity index (χ3v) is 3.05. The summed E-state index contributed by atoms with van der Waals surface area (Å²) in [6.07, 6.45) is 1.12. The van der Waals surface area contributed by atoms with E-state index in [-0.39, 0.29) is 0 Å². The molecule has 0 aromatic heterocycles. The van der Waals surface area contributed by atoms with Gasteiger partial charge in [0.15, 0.2) is 0 Å². The molecule has 0 saturated carbocycles. The molecule has 0 rings (SSSR count). The lowest BCUT2D eigenvalue weighted by atomic mass is 9.93. The number of hydrogen-bond acceptors (Lipinski definition) is 10. The number of carbonyl (C=O) groups is 2. The van der Waals surface area contributed by atoms with E-state index in [9.17, 15) is 9.59 Å². The molecule has 0 aromatic carbocycles. The van der Waals surface area contributed by atoms with Crippen molar-refractivity contribution < 1.29 is 60.7 Å². The van der Waals surface area contributed by atoms with E-state index in [4.69, 9.17) is 51.1 Å². The summed E-state index contributed by atoms with van der Waals surface area (Å²) in [5.74, 6) is -2.51. The molecule has 10 N–H and O–H groups in total. The zero-order chi connectivity index (χ0) is 21.2. The van der Waals surface area contributed by atoms with E-state index in [1.807, 2.05) is 0 Å². The minimum absolute atomic E-state index is 0.406. The zero-order valence-corrected chi connectivity index (χ0v) is 14.1. The van der Waals surface area contributed by atoms with Crippen molar-refractivity contribution in [3.63, 3.8) is 0 Å². The van der Waals surface area contributed by atoms with Gasteiger partial charge in [-0.3, -0.25) is 0 Å². The van der Waals surface area contributed by atoms with Crippen LogP contribution in [0.1, 0.15) is 0 Å². The van der Waals surface area contributed by atoms with Gasteiger partial charge in [0.1, 0.15) is 0 Å². The molecule has 0 aliphatic rings. The first kappa shape index (κ1) is 29.1. The van der Waals surface area contributed by atoms with E-state index >= 15 is 0 Å². The van der Waals surface area contributed by atoms with Crippen LogP contribution in [0, 0.1) is 10.8 Å². The molecule has 156 valence electrons. The van der Waals surface area contributed by atoms with Crippen molar-refractivity contribution in [1.82, 2.24) is 0 Å². The van der Waals surface area contributed by atoms with Crippen molar-refractivity contribution in [2.75, 3.05) is 52.9 Å². The van der Waals surface area contributed by atoms with Gasteiger partial charge in [-0.15, -0.1) is 0 Å². The summed E-state index contributed by atoms with van der Waals surface area (Å²) in [4.78, 5) is 19.1. The molecule has 0 aromatic rings. The van der Waals surface area contributed by atoms with Crippen LogP contribution in [-0.2, 0) is 9.59 Å². The number of rotatable bonds is 10. The van der Waals surface area contributed by atoms with Crippen LogP contribution in [0.3, 0.4) is 0 Å². The summed E-state index contributed by atoms with van der Waals surface area (Å²) in [6, 6.07) is 0. The Morgan fingerprint density at radius 1 is 0.500 bits per heavy atom. The minimum Gasteiger partial charge on any atom is -0.478 e. The first-order chi connectivity index (χ1) is 12.1. The van der Waals surface area contributed by atoms with Crippen molar-refractivity contribution >= 4 is 11.9 Å². The highest BCUT2D eigenvalue weighted by atomic mass is 16.4. The van der Waals surface area contributed by atoms with Crippen LogP contribution in [0.15, 0.2) is 12.2 Å². The predicted molar refractivity (Wildman–Crippen MR) is 86.0 cm³/mol. The molecule has 0 spiro atoms. The van der Waals surface area contributed by atoms with Gasteiger partial charge >= 0.3 is 11.9 Å². The summed E-state index contributed by atoms with van der Waals surface area (Å²) >= 11 is 0. The maximum atomic E-state index is 9.55. The van der Waals surface area contributed by atoms with Crippen molar-refractivity contribution in [3.05, 3.63) is 12.2 Å². The van der Waals surface area contributed by atoms with Gasteiger partial charge in [-0.1, -0.05) is 0 Å². The van der Waals surface area contributed by atoms with Crippen LogP contribution in [0.25, 0.3) is 0 Å². The Bertz CT molecular complexity index is 316. The summed E-state index contributed by atoms with van der Waals surface area (Å²) in [6.45, 7) is -3.25. The molecule has 12 nitrogen and oxygen atoms in total. The Balaban J connectivity index is -0.000000306. The quantitative estimate of drug-likeness (QED) is 0.160. The second-order valence-electron chi connectivity index (χ2n) is 5.27. The minimum atomic E-state index is -1.26. The maximum absolute atomic E-state index is 9.55. The lowest BCUT2D eigenvalue weighted by molar-refractivity contribution is -0.134. The molecule has 12 heteroatoms. The molecule has 0 aliphatic carbocycles. The Kier molecular flexibility index (Phi) is 18.8. The highest BCUT2D eigenvalue weighted by Gasteiger charge is 2.27. The predicted octanol–water partition coefficient (Wildman–Crippen LogP) is -4.40. The molecule has 0 unspecified atom stereocenters. The fraction of sp³-hybridized carbons (Fsp3) is 0.714.